The lowest BCUT2D eigenvalue weighted by Crippen LogP contribution is -2.32. The van der Waals surface area contributed by atoms with Crippen molar-refractivity contribution in [1.29, 1.82) is 0 Å². The van der Waals surface area contributed by atoms with Crippen LogP contribution in [0, 0.1) is 5.41 Å². The number of carboxylic acid groups (broad SMARTS) is 1. The van der Waals surface area contributed by atoms with Gasteiger partial charge in [-0.25, -0.2) is 8.42 Å². The third-order valence-corrected chi connectivity index (χ3v) is 6.21. The zero-order chi connectivity index (χ0) is 14.3. The van der Waals surface area contributed by atoms with Crippen LogP contribution in [0.1, 0.15) is 18.4 Å². The molecule has 1 aliphatic carbocycles. The molecule has 2 rings (SSSR count). The second-order valence-corrected chi connectivity index (χ2v) is 7.22. The Labute approximate surface area is 112 Å². The quantitative estimate of drug-likeness (QED) is 0.825. The molecule has 1 aromatic rings. The molecule has 0 bridgehead atoms. The summed E-state index contributed by atoms with van der Waals surface area (Å²) in [4.78, 5) is 11.5. The monoisotopic (exact) mass is 283 g/mol. The number of sulfone groups is 1. The van der Waals surface area contributed by atoms with Gasteiger partial charge in [0.25, 0.3) is 0 Å². The minimum absolute atomic E-state index is 0.0734. The largest absolute Gasteiger partial charge is 0.481 e. The van der Waals surface area contributed by atoms with Crippen LogP contribution in [0.4, 0.5) is 0 Å². The van der Waals surface area contributed by atoms with Gasteiger partial charge in [0.05, 0.1) is 5.25 Å². The van der Waals surface area contributed by atoms with E-state index in [1.165, 1.54) is 6.92 Å². The standard InChI is InChI=1S/C13H17NO4S/c1-2-19(17,18)11-10(9-6-4-3-5-7-9)13(11,8-14)12(15)16/h3-7,10-11H,2,8,14H2,1H3,(H,15,16)/t10-,11+,13-/m1/s1. The summed E-state index contributed by atoms with van der Waals surface area (Å²) in [6, 6.07) is 8.85. The first kappa shape index (κ1) is 14.0. The third kappa shape index (κ3) is 1.95. The zero-order valence-electron chi connectivity index (χ0n) is 10.6. The van der Waals surface area contributed by atoms with Crippen molar-refractivity contribution in [2.75, 3.05) is 12.3 Å². The predicted octanol–water partition coefficient (Wildman–Crippen LogP) is 0.617. The minimum Gasteiger partial charge on any atom is -0.481 e. The average molecular weight is 283 g/mol. The Morgan fingerprint density at radius 1 is 1.37 bits per heavy atom. The van der Waals surface area contributed by atoms with Crippen molar-refractivity contribution in [2.45, 2.75) is 18.1 Å². The molecule has 0 saturated heterocycles. The highest BCUT2D eigenvalue weighted by Crippen LogP contribution is 2.62. The van der Waals surface area contributed by atoms with Crippen molar-refractivity contribution in [3.05, 3.63) is 35.9 Å². The maximum absolute atomic E-state index is 12.1. The second-order valence-electron chi connectivity index (χ2n) is 4.81. The number of hydrogen-bond acceptors (Lipinski definition) is 4. The molecule has 1 fully saturated rings. The Morgan fingerprint density at radius 3 is 2.37 bits per heavy atom. The molecule has 0 amide bonds. The van der Waals surface area contributed by atoms with Crippen LogP contribution >= 0.6 is 0 Å². The summed E-state index contributed by atoms with van der Waals surface area (Å²) in [6.45, 7) is 1.35. The molecule has 3 atom stereocenters. The number of carbonyl (C=O) groups is 1. The molecule has 5 nitrogen and oxygen atoms in total. The molecule has 1 aromatic carbocycles. The summed E-state index contributed by atoms with van der Waals surface area (Å²) in [7, 11) is -3.45. The summed E-state index contributed by atoms with van der Waals surface area (Å²) in [5.41, 5.74) is 4.93. The van der Waals surface area contributed by atoms with E-state index in [1.807, 2.05) is 0 Å². The molecule has 3 N–H and O–H groups in total. The van der Waals surface area contributed by atoms with Gasteiger partial charge in [-0.1, -0.05) is 37.3 Å². The van der Waals surface area contributed by atoms with Crippen LogP contribution < -0.4 is 5.73 Å². The number of benzene rings is 1. The van der Waals surface area contributed by atoms with Gasteiger partial charge in [-0.3, -0.25) is 4.79 Å². The Kier molecular flexibility index (Phi) is 3.40. The number of hydrogen-bond donors (Lipinski definition) is 2. The predicted molar refractivity (Wildman–Crippen MR) is 71.6 cm³/mol. The second kappa shape index (κ2) is 4.61. The van der Waals surface area contributed by atoms with E-state index < -0.39 is 32.4 Å². The van der Waals surface area contributed by atoms with E-state index in [-0.39, 0.29) is 12.3 Å². The van der Waals surface area contributed by atoms with E-state index >= 15 is 0 Å². The molecule has 6 heteroatoms. The summed E-state index contributed by atoms with van der Waals surface area (Å²) < 4.78 is 24.2. The SMILES string of the molecule is CCS(=O)(=O)[C@H]1[C@@H](c2ccccc2)[C@@]1(CN)C(=O)O. The lowest BCUT2D eigenvalue weighted by molar-refractivity contribution is -0.143. The average Bonchev–Trinajstić information content (AvgIpc) is 3.11. The molecule has 19 heavy (non-hydrogen) atoms. The lowest BCUT2D eigenvalue weighted by atomic mass is 9.99. The minimum atomic E-state index is -3.45. The Hall–Kier alpha value is -1.40. The van der Waals surface area contributed by atoms with Crippen LogP contribution in [0.5, 0.6) is 0 Å². The van der Waals surface area contributed by atoms with E-state index in [0.29, 0.717) is 0 Å². The van der Waals surface area contributed by atoms with Crippen LogP contribution in [0.3, 0.4) is 0 Å². The number of nitrogens with two attached hydrogens (primary N) is 1. The Balaban J connectivity index is 2.51. The Morgan fingerprint density at radius 2 is 1.95 bits per heavy atom. The molecule has 0 spiro atoms. The van der Waals surface area contributed by atoms with E-state index in [0.717, 1.165) is 5.56 Å². The van der Waals surface area contributed by atoms with E-state index in [1.54, 1.807) is 30.3 Å². The lowest BCUT2D eigenvalue weighted by Gasteiger charge is -2.09. The van der Waals surface area contributed by atoms with Crippen LogP contribution in [-0.2, 0) is 14.6 Å². The molecule has 1 saturated carbocycles. The van der Waals surface area contributed by atoms with Crippen LogP contribution in [0.2, 0.25) is 0 Å². The maximum Gasteiger partial charge on any atom is 0.312 e. The highest BCUT2D eigenvalue weighted by molar-refractivity contribution is 7.92. The smallest absolute Gasteiger partial charge is 0.312 e. The summed E-state index contributed by atoms with van der Waals surface area (Å²) in [5.74, 6) is -1.76. The maximum atomic E-state index is 12.1. The molecular formula is C13H17NO4S. The number of carboxylic acids is 1. The van der Waals surface area contributed by atoms with Crippen LogP contribution in [0.15, 0.2) is 30.3 Å². The molecule has 1 aliphatic rings. The molecule has 0 aromatic heterocycles. The van der Waals surface area contributed by atoms with Crippen molar-refractivity contribution >= 4 is 15.8 Å². The fourth-order valence-electron chi connectivity index (χ4n) is 2.83. The fraction of sp³-hybridized carbons (Fsp3) is 0.462. The first-order valence-electron chi connectivity index (χ1n) is 6.11. The molecule has 0 aliphatic heterocycles. The van der Waals surface area contributed by atoms with Crippen molar-refractivity contribution in [3.63, 3.8) is 0 Å². The van der Waals surface area contributed by atoms with Crippen LogP contribution in [0.25, 0.3) is 0 Å². The molecule has 0 unspecified atom stereocenters. The number of rotatable bonds is 5. The van der Waals surface area contributed by atoms with Gasteiger partial charge in [-0.05, 0) is 5.56 Å². The van der Waals surface area contributed by atoms with Gasteiger partial charge in [0, 0.05) is 18.2 Å². The van der Waals surface area contributed by atoms with E-state index in [4.69, 9.17) is 5.73 Å². The highest BCUT2D eigenvalue weighted by Gasteiger charge is 2.74. The first-order valence-corrected chi connectivity index (χ1v) is 7.83. The highest BCUT2D eigenvalue weighted by atomic mass is 32.2. The number of aliphatic carboxylic acids is 1. The van der Waals surface area contributed by atoms with Crippen molar-refractivity contribution in [3.8, 4) is 0 Å². The van der Waals surface area contributed by atoms with Crippen molar-refractivity contribution in [2.24, 2.45) is 11.1 Å². The van der Waals surface area contributed by atoms with Gasteiger partial charge in [0.2, 0.25) is 0 Å². The molecule has 104 valence electrons. The fourth-order valence-corrected chi connectivity index (χ4v) is 4.91. The van der Waals surface area contributed by atoms with Gasteiger partial charge >= 0.3 is 5.97 Å². The first-order chi connectivity index (χ1) is 8.91. The topological polar surface area (TPSA) is 97.5 Å². The summed E-state index contributed by atoms with van der Waals surface area (Å²) in [6.07, 6.45) is 0. The molecular weight excluding hydrogens is 266 g/mol. The summed E-state index contributed by atoms with van der Waals surface area (Å²) in [5, 5.41) is 8.50. The van der Waals surface area contributed by atoms with Crippen molar-refractivity contribution < 1.29 is 18.3 Å². The van der Waals surface area contributed by atoms with Gasteiger partial charge in [-0.2, -0.15) is 0 Å². The Bertz CT molecular complexity index is 584. The molecule has 0 radical (unpaired) electrons. The molecule has 0 heterocycles. The van der Waals surface area contributed by atoms with Gasteiger partial charge in [-0.15, -0.1) is 0 Å². The third-order valence-electron chi connectivity index (χ3n) is 3.94. The van der Waals surface area contributed by atoms with E-state index in [2.05, 4.69) is 0 Å². The van der Waals surface area contributed by atoms with Crippen LogP contribution in [-0.4, -0.2) is 37.0 Å². The van der Waals surface area contributed by atoms with Gasteiger partial charge < -0.3 is 10.8 Å². The van der Waals surface area contributed by atoms with Crippen molar-refractivity contribution in [1.82, 2.24) is 0 Å². The van der Waals surface area contributed by atoms with Gasteiger partial charge in [0.1, 0.15) is 5.41 Å². The normalized spacial score (nSPS) is 30.0. The van der Waals surface area contributed by atoms with E-state index in [9.17, 15) is 18.3 Å². The van der Waals surface area contributed by atoms with Gasteiger partial charge in [0.15, 0.2) is 9.84 Å². The zero-order valence-corrected chi connectivity index (χ0v) is 11.4. The summed E-state index contributed by atoms with van der Waals surface area (Å²) >= 11 is 0.